The first-order valence-electron chi connectivity index (χ1n) is 10.9. The lowest BCUT2D eigenvalue weighted by Crippen LogP contribution is -2.28. The second kappa shape index (κ2) is 10.0. The third kappa shape index (κ3) is 4.97. The largest absolute Gasteiger partial charge is 0.0843 e. The first kappa shape index (κ1) is 23.3. The monoisotopic (exact) mass is 520 g/mol. The zero-order valence-corrected chi connectivity index (χ0v) is 21.1. The summed E-state index contributed by atoms with van der Waals surface area (Å²) in [6, 6.07) is 32.1. The van der Waals surface area contributed by atoms with Gasteiger partial charge in [-0.1, -0.05) is 107 Å². The van der Waals surface area contributed by atoms with Gasteiger partial charge >= 0.3 is 0 Å². The van der Waals surface area contributed by atoms with Crippen molar-refractivity contribution in [2.45, 2.75) is 11.8 Å². The number of hydrogen-bond acceptors (Lipinski definition) is 0. The predicted octanol–water partition coefficient (Wildman–Crippen LogP) is 10.3. The van der Waals surface area contributed by atoms with E-state index in [-0.39, 0.29) is 11.8 Å². The third-order valence-corrected chi connectivity index (χ3v) is 7.19. The molecule has 4 aromatic carbocycles. The zero-order chi connectivity index (χ0) is 23.7. The van der Waals surface area contributed by atoms with Crippen LogP contribution in [0.4, 0.5) is 0 Å². The van der Waals surface area contributed by atoms with E-state index >= 15 is 0 Å². The quantitative estimate of drug-likeness (QED) is 0.250. The molecule has 0 spiro atoms. The zero-order valence-electron chi connectivity index (χ0n) is 18.1. The molecule has 0 nitrogen and oxygen atoms in total. The van der Waals surface area contributed by atoms with Crippen LogP contribution in [0, 0.1) is 0 Å². The highest BCUT2D eigenvalue weighted by molar-refractivity contribution is 6.31. The normalized spacial score (nSPS) is 19.9. The second-order valence-corrected chi connectivity index (χ2v) is 10.1. The lowest BCUT2D eigenvalue weighted by molar-refractivity contribution is 0.596. The highest BCUT2D eigenvalue weighted by Gasteiger charge is 2.42. The first-order valence-corrected chi connectivity index (χ1v) is 12.4. The minimum atomic E-state index is 0.174. The molecule has 1 saturated carbocycles. The Morgan fingerprint density at radius 1 is 0.382 bits per heavy atom. The average Bonchev–Trinajstić information content (AvgIpc) is 2.84. The molecule has 168 valence electrons. The molecule has 0 amide bonds. The number of hydrogen-bond donors (Lipinski definition) is 0. The molecule has 4 aromatic rings. The molecular formula is C30H20Cl4. The predicted molar refractivity (Wildman–Crippen MR) is 147 cm³/mol. The van der Waals surface area contributed by atoms with Crippen molar-refractivity contribution in [1.82, 2.24) is 0 Å². The summed E-state index contributed by atoms with van der Waals surface area (Å²) in [7, 11) is 0. The van der Waals surface area contributed by atoms with Crippen molar-refractivity contribution in [2.75, 3.05) is 0 Å². The van der Waals surface area contributed by atoms with Crippen LogP contribution >= 0.6 is 46.4 Å². The maximum atomic E-state index is 6.21. The van der Waals surface area contributed by atoms with Gasteiger partial charge in [0.25, 0.3) is 0 Å². The molecular weight excluding hydrogens is 502 g/mol. The van der Waals surface area contributed by atoms with Gasteiger partial charge in [0.2, 0.25) is 0 Å². The lowest BCUT2D eigenvalue weighted by Gasteiger charge is -2.44. The van der Waals surface area contributed by atoms with Crippen molar-refractivity contribution in [3.8, 4) is 0 Å². The first-order chi connectivity index (χ1) is 16.5. The Kier molecular flexibility index (Phi) is 6.86. The number of rotatable bonds is 4. The summed E-state index contributed by atoms with van der Waals surface area (Å²) in [5, 5.41) is 2.90. The van der Waals surface area contributed by atoms with Gasteiger partial charge in [-0.3, -0.25) is 0 Å². The summed E-state index contributed by atoms with van der Waals surface area (Å²) in [5.41, 5.74) is 7.18. The van der Waals surface area contributed by atoms with Crippen LogP contribution in [0.5, 0.6) is 0 Å². The summed E-state index contributed by atoms with van der Waals surface area (Å²) in [6.45, 7) is 0. The number of allylic oxidation sites excluding steroid dienone is 2. The van der Waals surface area contributed by atoms with Gasteiger partial charge in [0.15, 0.2) is 0 Å². The van der Waals surface area contributed by atoms with E-state index in [1.165, 1.54) is 22.3 Å². The smallest absolute Gasteiger partial charge is 0.0406 e. The molecule has 0 aromatic heterocycles. The Morgan fingerprint density at radius 2 is 0.647 bits per heavy atom. The van der Waals surface area contributed by atoms with Crippen LogP contribution in [0.3, 0.4) is 0 Å². The molecule has 4 heteroatoms. The molecule has 1 fully saturated rings. The molecule has 0 bridgehead atoms. The number of halogens is 4. The van der Waals surface area contributed by atoms with E-state index in [4.69, 9.17) is 46.4 Å². The standard InChI is InChI=1S/C30H20Cl4/c31-23-9-1-19(2-10-23)17-27-28(18-20-3-11-24(32)12-4-20)30(22-7-15-26(34)16-8-22)29(27)21-5-13-25(33)14-6-21/h1-18,29-30H/b27-17-,28-18-/t29-,30+. The van der Waals surface area contributed by atoms with E-state index in [1.54, 1.807) is 0 Å². The summed E-state index contributed by atoms with van der Waals surface area (Å²) in [5.74, 6) is 0.348. The van der Waals surface area contributed by atoms with Gasteiger partial charge in [-0.15, -0.1) is 0 Å². The Labute approximate surface area is 220 Å². The SMILES string of the molecule is Clc1ccc(/C=C2/C(=C/c3ccc(Cl)cc3)[C@@H](c3ccc(Cl)cc3)[C@H]2c2ccc(Cl)cc2)cc1. The summed E-state index contributed by atoms with van der Waals surface area (Å²) in [4.78, 5) is 0. The Bertz CT molecular complexity index is 1240. The van der Waals surface area contributed by atoms with E-state index in [9.17, 15) is 0 Å². The highest BCUT2D eigenvalue weighted by atomic mass is 35.5. The molecule has 0 unspecified atom stereocenters. The lowest BCUT2D eigenvalue weighted by atomic mass is 9.59. The minimum absolute atomic E-state index is 0.174. The van der Waals surface area contributed by atoms with Gasteiger partial charge in [-0.25, -0.2) is 0 Å². The van der Waals surface area contributed by atoms with Crippen LogP contribution in [0.2, 0.25) is 20.1 Å². The van der Waals surface area contributed by atoms with Gasteiger partial charge < -0.3 is 0 Å². The van der Waals surface area contributed by atoms with Gasteiger partial charge in [-0.2, -0.15) is 0 Å². The van der Waals surface area contributed by atoms with E-state index in [2.05, 4.69) is 36.4 Å². The molecule has 34 heavy (non-hydrogen) atoms. The molecule has 0 radical (unpaired) electrons. The van der Waals surface area contributed by atoms with Gasteiger partial charge in [0.05, 0.1) is 0 Å². The third-order valence-electron chi connectivity index (χ3n) is 6.18. The van der Waals surface area contributed by atoms with Gasteiger partial charge in [0.1, 0.15) is 0 Å². The molecule has 0 aliphatic heterocycles. The van der Waals surface area contributed by atoms with E-state index in [0.717, 1.165) is 31.2 Å². The van der Waals surface area contributed by atoms with Crippen molar-refractivity contribution in [3.63, 3.8) is 0 Å². The van der Waals surface area contributed by atoms with Crippen molar-refractivity contribution in [3.05, 3.63) is 151 Å². The van der Waals surface area contributed by atoms with Crippen LogP contribution in [0.25, 0.3) is 12.2 Å². The van der Waals surface area contributed by atoms with Crippen LogP contribution in [0.15, 0.2) is 108 Å². The summed E-state index contributed by atoms with van der Waals surface area (Å²) >= 11 is 24.7. The molecule has 0 heterocycles. The molecule has 2 atom stereocenters. The van der Waals surface area contributed by atoms with Crippen LogP contribution in [-0.4, -0.2) is 0 Å². The van der Waals surface area contributed by atoms with Crippen molar-refractivity contribution < 1.29 is 0 Å². The van der Waals surface area contributed by atoms with Crippen molar-refractivity contribution >= 4 is 58.6 Å². The van der Waals surface area contributed by atoms with Crippen LogP contribution < -0.4 is 0 Å². The number of benzene rings is 4. The molecule has 1 aliphatic carbocycles. The minimum Gasteiger partial charge on any atom is -0.0843 e. The van der Waals surface area contributed by atoms with E-state index in [1.807, 2.05) is 72.8 Å². The Balaban J connectivity index is 1.68. The van der Waals surface area contributed by atoms with Crippen molar-refractivity contribution in [1.29, 1.82) is 0 Å². The maximum Gasteiger partial charge on any atom is 0.0406 e. The topological polar surface area (TPSA) is 0 Å². The van der Waals surface area contributed by atoms with Gasteiger partial charge in [0, 0.05) is 31.9 Å². The Hall–Kier alpha value is -2.48. The van der Waals surface area contributed by atoms with E-state index < -0.39 is 0 Å². The fourth-order valence-electron chi connectivity index (χ4n) is 4.53. The van der Waals surface area contributed by atoms with E-state index in [0.29, 0.717) is 0 Å². The Morgan fingerprint density at radius 3 is 0.941 bits per heavy atom. The summed E-state index contributed by atoms with van der Waals surface area (Å²) in [6.07, 6.45) is 4.51. The molecule has 0 saturated heterocycles. The molecule has 5 rings (SSSR count). The van der Waals surface area contributed by atoms with Gasteiger partial charge in [-0.05, 0) is 81.9 Å². The fourth-order valence-corrected chi connectivity index (χ4v) is 5.03. The molecule has 0 N–H and O–H groups in total. The molecule has 1 aliphatic rings. The van der Waals surface area contributed by atoms with Crippen molar-refractivity contribution in [2.24, 2.45) is 0 Å². The summed E-state index contributed by atoms with van der Waals surface area (Å²) < 4.78 is 0. The highest BCUT2D eigenvalue weighted by Crippen LogP contribution is 2.58. The average molecular weight is 522 g/mol. The van der Waals surface area contributed by atoms with Crippen LogP contribution in [-0.2, 0) is 0 Å². The van der Waals surface area contributed by atoms with Crippen LogP contribution in [0.1, 0.15) is 34.1 Å². The second-order valence-electron chi connectivity index (χ2n) is 8.36. The maximum absolute atomic E-state index is 6.21. The fraction of sp³-hybridized carbons (Fsp3) is 0.0667.